The molecule has 162 valence electrons. The van der Waals surface area contributed by atoms with Crippen molar-refractivity contribution in [2.45, 2.75) is 19.6 Å². The van der Waals surface area contributed by atoms with Crippen LogP contribution in [0.3, 0.4) is 0 Å². The molecular weight excluding hydrogens is 426 g/mol. The number of furan rings is 1. The molecule has 0 aliphatic heterocycles. The Morgan fingerprint density at radius 3 is 2.88 bits per heavy atom. The van der Waals surface area contributed by atoms with Crippen LogP contribution in [0.4, 0.5) is 5.82 Å². The van der Waals surface area contributed by atoms with Gasteiger partial charge in [0, 0.05) is 17.3 Å². The minimum atomic E-state index is -0.378. The van der Waals surface area contributed by atoms with Gasteiger partial charge in [-0.05, 0) is 47.9 Å². The van der Waals surface area contributed by atoms with Crippen LogP contribution in [0.5, 0.6) is 5.75 Å². The zero-order chi connectivity index (χ0) is 22.3. The van der Waals surface area contributed by atoms with Crippen molar-refractivity contribution in [2.24, 2.45) is 0 Å². The lowest BCUT2D eigenvalue weighted by Crippen LogP contribution is -2.12. The van der Waals surface area contributed by atoms with E-state index in [1.54, 1.807) is 29.1 Å². The summed E-state index contributed by atoms with van der Waals surface area (Å²) in [6, 6.07) is 20.4. The van der Waals surface area contributed by atoms with Crippen LogP contribution in [0, 0.1) is 0 Å². The summed E-state index contributed by atoms with van der Waals surface area (Å²) in [5, 5.41) is 7.80. The van der Waals surface area contributed by atoms with Gasteiger partial charge in [-0.1, -0.05) is 48.0 Å². The number of rotatable bonds is 9. The minimum absolute atomic E-state index is 0.187. The smallest absolute Gasteiger partial charge is 0.292 e. The molecule has 0 saturated carbocycles. The third kappa shape index (κ3) is 5.47. The fraction of sp³-hybridized carbons (Fsp3) is 0.120. The van der Waals surface area contributed by atoms with Crippen molar-refractivity contribution in [3.63, 3.8) is 0 Å². The Hall–Kier alpha value is -3.77. The van der Waals surface area contributed by atoms with E-state index in [0.29, 0.717) is 29.6 Å². The number of halogens is 1. The van der Waals surface area contributed by atoms with Gasteiger partial charge >= 0.3 is 0 Å². The van der Waals surface area contributed by atoms with Crippen molar-refractivity contribution >= 4 is 23.3 Å². The normalized spacial score (nSPS) is 10.7. The number of para-hydroxylation sites is 1. The molecule has 2 aromatic heterocycles. The number of benzene rings is 2. The number of anilines is 1. The summed E-state index contributed by atoms with van der Waals surface area (Å²) >= 11 is 6.02. The molecule has 0 unspecified atom stereocenters. The number of hydrogen-bond acceptors (Lipinski definition) is 4. The van der Waals surface area contributed by atoms with Crippen molar-refractivity contribution in [1.29, 1.82) is 0 Å². The van der Waals surface area contributed by atoms with Crippen LogP contribution < -0.4 is 10.1 Å². The third-order valence-electron chi connectivity index (χ3n) is 4.71. The Balaban J connectivity index is 1.34. The zero-order valence-electron chi connectivity index (χ0n) is 17.3. The number of amides is 1. The molecule has 0 fully saturated rings. The summed E-state index contributed by atoms with van der Waals surface area (Å²) in [5.74, 6) is 1.56. The molecule has 4 aromatic rings. The van der Waals surface area contributed by atoms with Gasteiger partial charge in [0.05, 0.1) is 6.54 Å². The van der Waals surface area contributed by atoms with Crippen LogP contribution in [-0.2, 0) is 19.6 Å². The molecule has 7 heteroatoms. The van der Waals surface area contributed by atoms with Crippen LogP contribution in [0.1, 0.15) is 27.4 Å². The first kappa shape index (κ1) is 21.5. The molecule has 0 saturated heterocycles. The number of nitrogens with zero attached hydrogens (tertiary/aromatic N) is 2. The maximum absolute atomic E-state index is 12.5. The molecule has 0 bridgehead atoms. The van der Waals surface area contributed by atoms with E-state index in [9.17, 15) is 4.79 Å². The first-order valence-corrected chi connectivity index (χ1v) is 10.5. The Kier molecular flexibility index (Phi) is 6.72. The van der Waals surface area contributed by atoms with E-state index in [2.05, 4.69) is 17.0 Å². The lowest BCUT2D eigenvalue weighted by Gasteiger charge is -2.08. The maximum atomic E-state index is 12.5. The maximum Gasteiger partial charge on any atom is 0.292 e. The molecule has 0 spiro atoms. The predicted octanol–water partition coefficient (Wildman–Crippen LogP) is 5.74. The highest BCUT2D eigenvalue weighted by molar-refractivity contribution is 6.30. The molecule has 2 heterocycles. The number of hydrogen-bond donors (Lipinski definition) is 1. The molecule has 0 radical (unpaired) electrons. The highest BCUT2D eigenvalue weighted by Crippen LogP contribution is 2.21. The van der Waals surface area contributed by atoms with E-state index in [1.165, 1.54) is 0 Å². The Morgan fingerprint density at radius 1 is 1.16 bits per heavy atom. The van der Waals surface area contributed by atoms with Crippen LogP contribution in [0.25, 0.3) is 0 Å². The molecule has 6 nitrogen and oxygen atoms in total. The number of allylic oxidation sites excluding steroid dienone is 1. The van der Waals surface area contributed by atoms with E-state index >= 15 is 0 Å². The molecule has 32 heavy (non-hydrogen) atoms. The highest BCUT2D eigenvalue weighted by atomic mass is 35.5. The number of aromatic nitrogens is 2. The zero-order valence-corrected chi connectivity index (χ0v) is 18.1. The molecule has 0 aliphatic rings. The van der Waals surface area contributed by atoms with Crippen LogP contribution in [0.2, 0.25) is 5.02 Å². The molecule has 4 rings (SSSR count). The predicted molar refractivity (Wildman–Crippen MR) is 124 cm³/mol. The Morgan fingerprint density at radius 2 is 2.03 bits per heavy atom. The number of ether oxygens (including phenoxy) is 1. The summed E-state index contributed by atoms with van der Waals surface area (Å²) in [6.45, 7) is 4.53. The van der Waals surface area contributed by atoms with Gasteiger partial charge in [0.15, 0.2) is 11.6 Å². The van der Waals surface area contributed by atoms with Gasteiger partial charge in [-0.2, -0.15) is 5.10 Å². The Bertz CT molecular complexity index is 1230. The molecule has 1 N–H and O–H groups in total. The van der Waals surface area contributed by atoms with Crippen molar-refractivity contribution in [3.05, 3.63) is 113 Å². The number of nitrogens with one attached hydrogen (secondary N) is 1. The summed E-state index contributed by atoms with van der Waals surface area (Å²) in [7, 11) is 0. The van der Waals surface area contributed by atoms with E-state index in [-0.39, 0.29) is 18.3 Å². The lowest BCUT2D eigenvalue weighted by molar-refractivity contribution is 0.0992. The van der Waals surface area contributed by atoms with Gasteiger partial charge in [-0.15, -0.1) is 6.58 Å². The van der Waals surface area contributed by atoms with E-state index in [1.807, 2.05) is 54.6 Å². The second-order valence-corrected chi connectivity index (χ2v) is 7.57. The first-order valence-electron chi connectivity index (χ1n) is 10.1. The summed E-state index contributed by atoms with van der Waals surface area (Å²) < 4.78 is 13.2. The average Bonchev–Trinajstić information content (AvgIpc) is 3.43. The average molecular weight is 448 g/mol. The quantitative estimate of drug-likeness (QED) is 0.332. The number of carbonyl (C=O) groups is 1. The fourth-order valence-electron chi connectivity index (χ4n) is 3.21. The first-order chi connectivity index (χ1) is 15.6. The molecule has 2 aromatic carbocycles. The second-order valence-electron chi connectivity index (χ2n) is 7.14. The molecule has 0 aliphatic carbocycles. The van der Waals surface area contributed by atoms with Gasteiger partial charge in [0.25, 0.3) is 5.91 Å². The molecular formula is C25H22ClN3O3. The van der Waals surface area contributed by atoms with Crippen LogP contribution in [-0.4, -0.2) is 15.7 Å². The van der Waals surface area contributed by atoms with E-state index in [4.69, 9.17) is 20.8 Å². The van der Waals surface area contributed by atoms with Gasteiger partial charge < -0.3 is 14.5 Å². The van der Waals surface area contributed by atoms with E-state index in [0.717, 1.165) is 16.9 Å². The van der Waals surface area contributed by atoms with Crippen molar-refractivity contribution in [1.82, 2.24) is 9.78 Å². The summed E-state index contributed by atoms with van der Waals surface area (Å²) in [6.07, 6.45) is 4.33. The van der Waals surface area contributed by atoms with Gasteiger partial charge in [0.1, 0.15) is 18.1 Å². The monoisotopic (exact) mass is 447 g/mol. The minimum Gasteiger partial charge on any atom is -0.485 e. The van der Waals surface area contributed by atoms with E-state index < -0.39 is 0 Å². The third-order valence-corrected chi connectivity index (χ3v) is 4.94. The second kappa shape index (κ2) is 10.0. The standard InChI is InChI=1S/C25H22ClN3O3/c1-2-6-19-8-3-4-10-22(19)31-17-21-11-12-23(32-21)25(30)27-24-13-14-29(28-24)16-18-7-5-9-20(26)15-18/h2-5,7-15H,1,6,16-17H2,(H,27,28,30). The van der Waals surface area contributed by atoms with Crippen molar-refractivity contribution in [3.8, 4) is 5.75 Å². The lowest BCUT2D eigenvalue weighted by atomic mass is 10.1. The summed E-state index contributed by atoms with van der Waals surface area (Å²) in [5.41, 5.74) is 2.06. The largest absolute Gasteiger partial charge is 0.485 e. The summed E-state index contributed by atoms with van der Waals surface area (Å²) in [4.78, 5) is 12.5. The van der Waals surface area contributed by atoms with Gasteiger partial charge in [-0.25, -0.2) is 0 Å². The topological polar surface area (TPSA) is 69.3 Å². The SMILES string of the molecule is C=CCc1ccccc1OCc1ccc(C(=O)Nc2ccn(Cc3cccc(Cl)c3)n2)o1. The van der Waals surface area contributed by atoms with Gasteiger partial charge in [0.2, 0.25) is 0 Å². The fourth-order valence-corrected chi connectivity index (χ4v) is 3.42. The Labute approximate surface area is 191 Å². The molecule has 0 atom stereocenters. The van der Waals surface area contributed by atoms with Crippen LogP contribution in [0.15, 0.2) is 90.0 Å². The van der Waals surface area contributed by atoms with Crippen LogP contribution >= 0.6 is 11.6 Å². The van der Waals surface area contributed by atoms with Crippen molar-refractivity contribution < 1.29 is 13.9 Å². The molecule has 1 amide bonds. The van der Waals surface area contributed by atoms with Crippen molar-refractivity contribution in [2.75, 3.05) is 5.32 Å². The number of carbonyl (C=O) groups excluding carboxylic acids is 1. The van der Waals surface area contributed by atoms with Gasteiger partial charge in [-0.3, -0.25) is 9.48 Å². The highest BCUT2D eigenvalue weighted by Gasteiger charge is 2.14.